The quantitative estimate of drug-likeness (QED) is 0.683. The van der Waals surface area contributed by atoms with E-state index in [1.807, 2.05) is 6.21 Å². The van der Waals surface area contributed by atoms with Crippen molar-refractivity contribution in [3.05, 3.63) is 65.2 Å². The van der Waals surface area contributed by atoms with E-state index in [9.17, 15) is 0 Å². The van der Waals surface area contributed by atoms with E-state index in [0.29, 0.717) is 0 Å². The second-order valence-corrected chi connectivity index (χ2v) is 4.59. The van der Waals surface area contributed by atoms with Crippen LogP contribution in [0.2, 0.25) is 0 Å². The van der Waals surface area contributed by atoms with E-state index >= 15 is 0 Å². The van der Waals surface area contributed by atoms with Gasteiger partial charge in [-0.1, -0.05) is 55.3 Å². The van der Waals surface area contributed by atoms with E-state index in [0.717, 1.165) is 17.7 Å². The fraction of sp³-hybridized carbons (Fsp3) is 0.235. The Morgan fingerprint density at radius 1 is 0.944 bits per heavy atom. The van der Waals surface area contributed by atoms with Crippen molar-refractivity contribution >= 4 is 11.9 Å². The van der Waals surface area contributed by atoms with Gasteiger partial charge < -0.3 is 0 Å². The summed E-state index contributed by atoms with van der Waals surface area (Å²) in [4.78, 5) is 4.48. The number of hydrogen-bond donors (Lipinski definition) is 0. The highest BCUT2D eigenvalue weighted by molar-refractivity contribution is 5.81. The Labute approximate surface area is 109 Å². The summed E-state index contributed by atoms with van der Waals surface area (Å²) >= 11 is 0. The molecule has 0 aliphatic rings. The summed E-state index contributed by atoms with van der Waals surface area (Å²) in [5.74, 6) is 0. The zero-order valence-corrected chi connectivity index (χ0v) is 11.1. The van der Waals surface area contributed by atoms with Gasteiger partial charge in [-0.3, -0.25) is 4.99 Å². The lowest BCUT2D eigenvalue weighted by Gasteiger charge is -1.99. The van der Waals surface area contributed by atoms with Crippen molar-refractivity contribution in [3.8, 4) is 0 Å². The number of hydrogen-bond acceptors (Lipinski definition) is 1. The van der Waals surface area contributed by atoms with Crippen molar-refractivity contribution < 1.29 is 0 Å². The summed E-state index contributed by atoms with van der Waals surface area (Å²) in [6.07, 6.45) is 4.24. The third kappa shape index (κ3) is 3.56. The predicted octanol–water partition coefficient (Wildman–Crippen LogP) is 4.70. The summed E-state index contributed by atoms with van der Waals surface area (Å²) in [6, 6.07) is 16.9. The minimum atomic E-state index is 1.01. The van der Waals surface area contributed by atoms with Crippen molar-refractivity contribution in [2.45, 2.75) is 26.7 Å². The van der Waals surface area contributed by atoms with E-state index in [-0.39, 0.29) is 0 Å². The molecule has 92 valence electrons. The molecule has 2 aromatic rings. The first-order valence-corrected chi connectivity index (χ1v) is 6.47. The van der Waals surface area contributed by atoms with Gasteiger partial charge in [0.25, 0.3) is 0 Å². The number of benzene rings is 2. The molecule has 0 saturated carbocycles. The summed E-state index contributed by atoms with van der Waals surface area (Å²) in [6.45, 7) is 4.29. The Morgan fingerprint density at radius 2 is 1.61 bits per heavy atom. The van der Waals surface area contributed by atoms with Crippen molar-refractivity contribution in [1.82, 2.24) is 0 Å². The maximum atomic E-state index is 4.48. The Kier molecular flexibility index (Phi) is 4.30. The number of aliphatic imine (C=N–C) groups is 1. The first kappa shape index (κ1) is 12.6. The van der Waals surface area contributed by atoms with Gasteiger partial charge in [0.2, 0.25) is 0 Å². The van der Waals surface area contributed by atoms with Gasteiger partial charge in [-0.25, -0.2) is 0 Å². The van der Waals surface area contributed by atoms with Crippen LogP contribution in [-0.4, -0.2) is 6.21 Å². The Balaban J connectivity index is 2.06. The molecule has 0 fully saturated rings. The number of aryl methyl sites for hydroxylation is 2. The van der Waals surface area contributed by atoms with Gasteiger partial charge >= 0.3 is 0 Å². The molecule has 0 heterocycles. The average Bonchev–Trinajstić information content (AvgIpc) is 2.40. The normalized spacial score (nSPS) is 11.0. The third-order valence-corrected chi connectivity index (χ3v) is 2.92. The third-order valence-electron chi connectivity index (χ3n) is 2.92. The molecule has 0 amide bonds. The highest BCUT2D eigenvalue weighted by Gasteiger charge is 1.92. The molecule has 18 heavy (non-hydrogen) atoms. The SMILES string of the molecule is CCCc1ccc(N=Cc2ccc(C)cc2)cc1. The van der Waals surface area contributed by atoms with Crippen LogP contribution in [0.4, 0.5) is 5.69 Å². The van der Waals surface area contributed by atoms with Crippen LogP contribution in [0.1, 0.15) is 30.0 Å². The van der Waals surface area contributed by atoms with E-state index in [2.05, 4.69) is 67.4 Å². The number of nitrogens with zero attached hydrogens (tertiary/aromatic N) is 1. The van der Waals surface area contributed by atoms with Gasteiger partial charge in [0, 0.05) is 6.21 Å². The minimum Gasteiger partial charge on any atom is -0.256 e. The van der Waals surface area contributed by atoms with Gasteiger partial charge in [-0.05, 0) is 36.6 Å². The molecule has 0 atom stereocenters. The first-order valence-electron chi connectivity index (χ1n) is 6.47. The zero-order valence-electron chi connectivity index (χ0n) is 11.1. The second-order valence-electron chi connectivity index (χ2n) is 4.59. The molecule has 0 bridgehead atoms. The molecule has 2 rings (SSSR count). The van der Waals surface area contributed by atoms with Crippen molar-refractivity contribution in [1.29, 1.82) is 0 Å². The van der Waals surface area contributed by atoms with Crippen LogP contribution in [0.25, 0.3) is 0 Å². The fourth-order valence-electron chi connectivity index (χ4n) is 1.84. The topological polar surface area (TPSA) is 12.4 Å². The molecule has 0 spiro atoms. The van der Waals surface area contributed by atoms with Gasteiger partial charge in [-0.2, -0.15) is 0 Å². The van der Waals surface area contributed by atoms with Crippen LogP contribution in [-0.2, 0) is 6.42 Å². The lowest BCUT2D eigenvalue weighted by atomic mass is 10.1. The maximum absolute atomic E-state index is 4.48. The summed E-state index contributed by atoms with van der Waals surface area (Å²) in [5, 5.41) is 0. The van der Waals surface area contributed by atoms with Crippen molar-refractivity contribution in [3.63, 3.8) is 0 Å². The molecule has 2 aromatic carbocycles. The number of rotatable bonds is 4. The molecule has 1 heteroatoms. The van der Waals surface area contributed by atoms with E-state index in [1.165, 1.54) is 17.5 Å². The Morgan fingerprint density at radius 3 is 2.22 bits per heavy atom. The van der Waals surface area contributed by atoms with Gasteiger partial charge in [0.05, 0.1) is 5.69 Å². The molecule has 0 aliphatic carbocycles. The first-order chi connectivity index (χ1) is 8.78. The lowest BCUT2D eigenvalue weighted by Crippen LogP contribution is -1.82. The largest absolute Gasteiger partial charge is 0.256 e. The molecule has 0 radical (unpaired) electrons. The molecular weight excluding hydrogens is 218 g/mol. The van der Waals surface area contributed by atoms with Crippen LogP contribution in [0.3, 0.4) is 0 Å². The molecule has 0 aliphatic heterocycles. The molecule has 1 nitrogen and oxygen atoms in total. The zero-order chi connectivity index (χ0) is 12.8. The summed E-state index contributed by atoms with van der Waals surface area (Å²) in [7, 11) is 0. The molecule has 0 unspecified atom stereocenters. The fourth-order valence-corrected chi connectivity index (χ4v) is 1.84. The van der Waals surface area contributed by atoms with Crippen LogP contribution >= 0.6 is 0 Å². The Bertz CT molecular complexity index is 506. The highest BCUT2D eigenvalue weighted by Crippen LogP contribution is 2.14. The van der Waals surface area contributed by atoms with Crippen molar-refractivity contribution in [2.24, 2.45) is 4.99 Å². The molecule has 0 N–H and O–H groups in total. The smallest absolute Gasteiger partial charge is 0.0630 e. The standard InChI is InChI=1S/C17H19N/c1-3-4-15-9-11-17(12-10-15)18-13-16-7-5-14(2)6-8-16/h5-13H,3-4H2,1-2H3. The van der Waals surface area contributed by atoms with Crippen LogP contribution in [0.5, 0.6) is 0 Å². The van der Waals surface area contributed by atoms with Crippen molar-refractivity contribution in [2.75, 3.05) is 0 Å². The lowest BCUT2D eigenvalue weighted by molar-refractivity contribution is 0.922. The Hall–Kier alpha value is -1.89. The monoisotopic (exact) mass is 237 g/mol. The molecular formula is C17H19N. The maximum Gasteiger partial charge on any atom is 0.0630 e. The average molecular weight is 237 g/mol. The molecule has 0 saturated heterocycles. The minimum absolute atomic E-state index is 1.01. The van der Waals surface area contributed by atoms with E-state index in [4.69, 9.17) is 0 Å². The van der Waals surface area contributed by atoms with E-state index in [1.54, 1.807) is 0 Å². The summed E-state index contributed by atoms with van der Waals surface area (Å²) < 4.78 is 0. The predicted molar refractivity (Wildman–Crippen MR) is 78.9 cm³/mol. The van der Waals surface area contributed by atoms with Crippen LogP contribution in [0, 0.1) is 6.92 Å². The second kappa shape index (κ2) is 6.15. The van der Waals surface area contributed by atoms with Crippen LogP contribution < -0.4 is 0 Å². The molecule has 0 aromatic heterocycles. The van der Waals surface area contributed by atoms with Gasteiger partial charge in [-0.15, -0.1) is 0 Å². The summed E-state index contributed by atoms with van der Waals surface area (Å²) in [5.41, 5.74) is 4.80. The highest BCUT2D eigenvalue weighted by atomic mass is 14.7. The van der Waals surface area contributed by atoms with E-state index < -0.39 is 0 Å². The van der Waals surface area contributed by atoms with Gasteiger partial charge in [0.1, 0.15) is 0 Å². The van der Waals surface area contributed by atoms with Gasteiger partial charge in [0.15, 0.2) is 0 Å². The van der Waals surface area contributed by atoms with Crippen LogP contribution in [0.15, 0.2) is 53.5 Å².